The van der Waals surface area contributed by atoms with Crippen LogP contribution < -0.4 is 5.73 Å². The van der Waals surface area contributed by atoms with Crippen molar-refractivity contribution in [2.45, 2.75) is 26.2 Å². The Balaban J connectivity index is 2.14. The van der Waals surface area contributed by atoms with E-state index >= 15 is 0 Å². The lowest BCUT2D eigenvalue weighted by atomic mass is 9.99. The molecule has 88 valence electrons. The number of nitrogens with two attached hydrogens (primary N) is 1. The number of rotatable bonds is 3. The van der Waals surface area contributed by atoms with Crippen LogP contribution in [-0.2, 0) is 6.42 Å². The third-order valence-electron chi connectivity index (χ3n) is 3.01. The molecule has 2 N–H and O–H groups in total. The van der Waals surface area contributed by atoms with Gasteiger partial charge in [-0.1, -0.05) is 50.2 Å². The summed E-state index contributed by atoms with van der Waals surface area (Å²) in [6, 6.07) is 16.9. The standard InChI is InChI=1S/C16H19N/c1-12(2)15-8-6-13(7-9-15)10-14-4-3-5-16(17)11-14/h3-9,11-12H,10,17H2,1-2H3. The van der Waals surface area contributed by atoms with Crippen molar-refractivity contribution in [2.24, 2.45) is 0 Å². The molecular formula is C16H19N. The molecule has 0 saturated carbocycles. The first-order valence-electron chi connectivity index (χ1n) is 6.08. The predicted octanol–water partition coefficient (Wildman–Crippen LogP) is 3.98. The third kappa shape index (κ3) is 3.10. The van der Waals surface area contributed by atoms with Gasteiger partial charge in [0.1, 0.15) is 0 Å². The molecule has 0 spiro atoms. The summed E-state index contributed by atoms with van der Waals surface area (Å²) in [5.74, 6) is 0.594. The molecule has 2 aromatic rings. The molecule has 17 heavy (non-hydrogen) atoms. The van der Waals surface area contributed by atoms with E-state index in [-0.39, 0.29) is 0 Å². The molecule has 0 fully saturated rings. The minimum atomic E-state index is 0.594. The summed E-state index contributed by atoms with van der Waals surface area (Å²) in [5.41, 5.74) is 10.6. The second-order valence-corrected chi connectivity index (χ2v) is 4.82. The lowest BCUT2D eigenvalue weighted by Crippen LogP contribution is -1.92. The van der Waals surface area contributed by atoms with Gasteiger partial charge in [-0.05, 0) is 41.2 Å². The molecule has 0 aliphatic heterocycles. The zero-order valence-corrected chi connectivity index (χ0v) is 10.5. The fraction of sp³-hybridized carbons (Fsp3) is 0.250. The first kappa shape index (κ1) is 11.7. The van der Waals surface area contributed by atoms with Gasteiger partial charge >= 0.3 is 0 Å². The van der Waals surface area contributed by atoms with E-state index in [1.807, 2.05) is 18.2 Å². The Labute approximate surface area is 103 Å². The average molecular weight is 225 g/mol. The van der Waals surface area contributed by atoms with Crippen LogP contribution in [-0.4, -0.2) is 0 Å². The van der Waals surface area contributed by atoms with Gasteiger partial charge in [0.05, 0.1) is 0 Å². The van der Waals surface area contributed by atoms with Crippen molar-refractivity contribution in [2.75, 3.05) is 5.73 Å². The van der Waals surface area contributed by atoms with E-state index in [0.29, 0.717) is 5.92 Å². The van der Waals surface area contributed by atoms with Crippen molar-refractivity contribution in [3.63, 3.8) is 0 Å². The molecule has 0 aromatic heterocycles. The van der Waals surface area contributed by atoms with Gasteiger partial charge in [-0.15, -0.1) is 0 Å². The van der Waals surface area contributed by atoms with Gasteiger partial charge in [-0.3, -0.25) is 0 Å². The topological polar surface area (TPSA) is 26.0 Å². The first-order chi connectivity index (χ1) is 8.15. The largest absolute Gasteiger partial charge is 0.399 e. The van der Waals surface area contributed by atoms with E-state index in [2.05, 4.69) is 44.2 Å². The van der Waals surface area contributed by atoms with Gasteiger partial charge in [0.2, 0.25) is 0 Å². The zero-order valence-electron chi connectivity index (χ0n) is 10.5. The van der Waals surface area contributed by atoms with Gasteiger partial charge in [0, 0.05) is 5.69 Å². The quantitative estimate of drug-likeness (QED) is 0.785. The average Bonchev–Trinajstić information content (AvgIpc) is 2.29. The zero-order chi connectivity index (χ0) is 12.3. The smallest absolute Gasteiger partial charge is 0.0316 e. The Kier molecular flexibility index (Phi) is 3.48. The highest BCUT2D eigenvalue weighted by Gasteiger charge is 2.00. The Bertz CT molecular complexity index is 483. The van der Waals surface area contributed by atoms with Crippen LogP contribution >= 0.6 is 0 Å². The molecule has 1 heteroatoms. The fourth-order valence-corrected chi connectivity index (χ4v) is 1.96. The first-order valence-corrected chi connectivity index (χ1v) is 6.08. The maximum atomic E-state index is 5.78. The van der Waals surface area contributed by atoms with Crippen LogP contribution in [0.15, 0.2) is 48.5 Å². The lowest BCUT2D eigenvalue weighted by Gasteiger charge is -2.07. The molecule has 0 amide bonds. The summed E-state index contributed by atoms with van der Waals surface area (Å²) in [6.07, 6.45) is 0.948. The maximum absolute atomic E-state index is 5.78. The fourth-order valence-electron chi connectivity index (χ4n) is 1.96. The van der Waals surface area contributed by atoms with E-state index in [0.717, 1.165) is 12.1 Å². The van der Waals surface area contributed by atoms with E-state index in [1.54, 1.807) is 0 Å². The van der Waals surface area contributed by atoms with E-state index in [4.69, 9.17) is 5.73 Å². The van der Waals surface area contributed by atoms with Gasteiger partial charge in [0.15, 0.2) is 0 Å². The number of anilines is 1. The summed E-state index contributed by atoms with van der Waals surface area (Å²) in [6.45, 7) is 4.43. The molecule has 2 aromatic carbocycles. The predicted molar refractivity (Wildman–Crippen MR) is 74.2 cm³/mol. The highest BCUT2D eigenvalue weighted by atomic mass is 14.5. The summed E-state index contributed by atoms with van der Waals surface area (Å²) in [5, 5.41) is 0. The Morgan fingerprint density at radius 2 is 1.65 bits per heavy atom. The number of hydrogen-bond donors (Lipinski definition) is 1. The van der Waals surface area contributed by atoms with Crippen molar-refractivity contribution in [1.29, 1.82) is 0 Å². The van der Waals surface area contributed by atoms with Crippen LogP contribution in [0.2, 0.25) is 0 Å². The van der Waals surface area contributed by atoms with Crippen molar-refractivity contribution in [3.8, 4) is 0 Å². The van der Waals surface area contributed by atoms with Gasteiger partial charge < -0.3 is 5.73 Å². The molecule has 0 unspecified atom stereocenters. The minimum absolute atomic E-state index is 0.594. The molecule has 0 aliphatic rings. The normalized spacial score (nSPS) is 10.8. The lowest BCUT2D eigenvalue weighted by molar-refractivity contribution is 0.865. The summed E-state index contributed by atoms with van der Waals surface area (Å²) >= 11 is 0. The maximum Gasteiger partial charge on any atom is 0.0316 e. The van der Waals surface area contributed by atoms with Gasteiger partial charge in [-0.2, -0.15) is 0 Å². The highest BCUT2D eigenvalue weighted by Crippen LogP contribution is 2.17. The molecule has 1 nitrogen and oxygen atoms in total. The monoisotopic (exact) mass is 225 g/mol. The second-order valence-electron chi connectivity index (χ2n) is 4.82. The van der Waals surface area contributed by atoms with Gasteiger partial charge in [-0.25, -0.2) is 0 Å². The van der Waals surface area contributed by atoms with Crippen LogP contribution in [0.4, 0.5) is 5.69 Å². The minimum Gasteiger partial charge on any atom is -0.399 e. The van der Waals surface area contributed by atoms with E-state index in [1.165, 1.54) is 16.7 Å². The van der Waals surface area contributed by atoms with Crippen LogP contribution in [0.3, 0.4) is 0 Å². The number of nitrogen functional groups attached to an aromatic ring is 1. The van der Waals surface area contributed by atoms with Gasteiger partial charge in [0.25, 0.3) is 0 Å². The summed E-state index contributed by atoms with van der Waals surface area (Å²) < 4.78 is 0. The van der Waals surface area contributed by atoms with Crippen LogP contribution in [0.25, 0.3) is 0 Å². The summed E-state index contributed by atoms with van der Waals surface area (Å²) in [4.78, 5) is 0. The third-order valence-corrected chi connectivity index (χ3v) is 3.01. The van der Waals surface area contributed by atoms with Crippen molar-refractivity contribution in [3.05, 3.63) is 65.2 Å². The molecule has 0 heterocycles. The Morgan fingerprint density at radius 1 is 0.941 bits per heavy atom. The van der Waals surface area contributed by atoms with Crippen LogP contribution in [0.5, 0.6) is 0 Å². The van der Waals surface area contributed by atoms with E-state index < -0.39 is 0 Å². The van der Waals surface area contributed by atoms with Crippen molar-refractivity contribution >= 4 is 5.69 Å². The highest BCUT2D eigenvalue weighted by molar-refractivity contribution is 5.42. The van der Waals surface area contributed by atoms with E-state index in [9.17, 15) is 0 Å². The summed E-state index contributed by atoms with van der Waals surface area (Å²) in [7, 11) is 0. The molecular weight excluding hydrogens is 206 g/mol. The second kappa shape index (κ2) is 5.05. The number of benzene rings is 2. The van der Waals surface area contributed by atoms with Crippen LogP contribution in [0.1, 0.15) is 36.5 Å². The number of hydrogen-bond acceptors (Lipinski definition) is 1. The molecule has 0 bridgehead atoms. The van der Waals surface area contributed by atoms with Crippen LogP contribution in [0, 0.1) is 0 Å². The molecule has 0 saturated heterocycles. The Hall–Kier alpha value is -1.76. The molecule has 0 aliphatic carbocycles. The van der Waals surface area contributed by atoms with Crippen molar-refractivity contribution < 1.29 is 0 Å². The Morgan fingerprint density at radius 3 is 2.24 bits per heavy atom. The molecule has 0 radical (unpaired) electrons. The molecule has 2 rings (SSSR count). The SMILES string of the molecule is CC(C)c1ccc(Cc2cccc(N)c2)cc1. The van der Waals surface area contributed by atoms with Crippen molar-refractivity contribution in [1.82, 2.24) is 0 Å². The molecule has 0 atom stereocenters.